The van der Waals surface area contributed by atoms with Gasteiger partial charge in [-0.05, 0) is 12.1 Å². The summed E-state index contributed by atoms with van der Waals surface area (Å²) in [4.78, 5) is 12.4. The van der Waals surface area contributed by atoms with E-state index < -0.39 is 28.2 Å². The second kappa shape index (κ2) is 7.44. The van der Waals surface area contributed by atoms with Gasteiger partial charge in [0, 0.05) is 7.05 Å². The fourth-order valence-corrected chi connectivity index (χ4v) is 2.35. The summed E-state index contributed by atoms with van der Waals surface area (Å²) in [5.41, 5.74) is 0.0879. The molecule has 0 bridgehead atoms. The Hall–Kier alpha value is -1.10. The smallest absolute Gasteiger partial charge is 0.747 e. The molecule has 0 aliphatic rings. The first-order valence-corrected chi connectivity index (χ1v) is 7.57. The molecule has 1 aromatic carbocycles. The van der Waals surface area contributed by atoms with Crippen LogP contribution in [0.15, 0.2) is 35.1 Å². The largest absolute Gasteiger partial charge is 1.00 e. The van der Waals surface area contributed by atoms with Crippen LogP contribution in [-0.2, 0) is 23.8 Å². The van der Waals surface area contributed by atoms with Crippen LogP contribution >= 0.6 is 0 Å². The molecule has 0 aliphatic carbocycles. The van der Waals surface area contributed by atoms with Gasteiger partial charge >= 0.3 is 29.6 Å². The van der Waals surface area contributed by atoms with Crippen LogP contribution in [0.5, 0.6) is 0 Å². The first kappa shape index (κ1) is 18.9. The third-order valence-electron chi connectivity index (χ3n) is 2.96. The number of nitrogens with zero attached hydrogens (tertiary/aromatic N) is 2. The molecule has 0 atom stereocenters. The minimum absolute atomic E-state index is 0. The summed E-state index contributed by atoms with van der Waals surface area (Å²) >= 11 is 0. The summed E-state index contributed by atoms with van der Waals surface area (Å²) < 4.78 is 34.7. The Kier molecular flexibility index (Phi) is 6.41. The second-order valence-corrected chi connectivity index (χ2v) is 5.74. The third-order valence-corrected chi connectivity index (χ3v) is 3.46. The average molecular weight is 335 g/mol. The zero-order chi connectivity index (χ0) is 15.6. The number of rotatable bonds is 5. The van der Waals surface area contributed by atoms with Crippen molar-refractivity contribution in [3.05, 3.63) is 46.4 Å². The number of nitrogens with one attached hydrogen (secondary N) is 1. The van der Waals surface area contributed by atoms with Crippen LogP contribution in [0.1, 0.15) is 5.69 Å². The van der Waals surface area contributed by atoms with Crippen molar-refractivity contribution in [2.24, 2.45) is 7.05 Å². The van der Waals surface area contributed by atoms with E-state index >= 15 is 0 Å². The second-order valence-electron chi connectivity index (χ2n) is 4.33. The molecule has 22 heavy (non-hydrogen) atoms. The van der Waals surface area contributed by atoms with E-state index in [9.17, 15) is 22.9 Å². The molecule has 2 rings (SSSR count). The number of hydrogen-bond donors (Lipinski definition) is 2. The van der Waals surface area contributed by atoms with Crippen molar-refractivity contribution in [3.63, 3.8) is 0 Å². The SMILES string of the molecule is Cn1c(CO)c(NCS(=O)(=O)[O-])c(=O)n1-c1ccccc1.[Na+]. The molecule has 114 valence electrons. The standard InChI is InChI=1S/C12H15N3O5S.Na/c1-14-10(7-16)11(13-8-21(18,19)20)12(17)15(14)9-5-3-2-4-6-9;/h2-6,13,16H,7-8H2,1H3,(H,18,19,20);/q;+1/p-1. The molecule has 0 aliphatic heterocycles. The van der Waals surface area contributed by atoms with Crippen LogP contribution in [-0.4, -0.2) is 33.3 Å². The number of aromatic nitrogens is 2. The van der Waals surface area contributed by atoms with Gasteiger partial charge in [0.2, 0.25) is 0 Å². The first-order chi connectivity index (χ1) is 9.85. The van der Waals surface area contributed by atoms with E-state index in [4.69, 9.17) is 0 Å². The zero-order valence-corrected chi connectivity index (χ0v) is 15.0. The van der Waals surface area contributed by atoms with Gasteiger partial charge in [-0.15, -0.1) is 0 Å². The van der Waals surface area contributed by atoms with Gasteiger partial charge in [-0.1, -0.05) is 18.2 Å². The van der Waals surface area contributed by atoms with Crippen molar-refractivity contribution in [2.75, 3.05) is 11.2 Å². The summed E-state index contributed by atoms with van der Waals surface area (Å²) in [6.07, 6.45) is 0. The summed E-state index contributed by atoms with van der Waals surface area (Å²) in [5, 5.41) is 11.7. The molecular formula is C12H14N3NaO5S. The van der Waals surface area contributed by atoms with E-state index in [0.29, 0.717) is 5.69 Å². The number of para-hydroxylation sites is 1. The molecular weight excluding hydrogens is 321 g/mol. The van der Waals surface area contributed by atoms with Gasteiger partial charge in [0.15, 0.2) is 0 Å². The van der Waals surface area contributed by atoms with E-state index in [-0.39, 0.29) is 40.9 Å². The fraction of sp³-hybridized carbons (Fsp3) is 0.250. The van der Waals surface area contributed by atoms with Crippen LogP contribution < -0.4 is 40.4 Å². The number of benzene rings is 1. The number of aliphatic hydroxyl groups excluding tert-OH is 1. The van der Waals surface area contributed by atoms with Crippen LogP contribution in [0.3, 0.4) is 0 Å². The minimum Gasteiger partial charge on any atom is -0.747 e. The molecule has 0 radical (unpaired) electrons. The van der Waals surface area contributed by atoms with Crippen LogP contribution in [0, 0.1) is 0 Å². The van der Waals surface area contributed by atoms with Crippen molar-refractivity contribution in [1.82, 2.24) is 9.36 Å². The van der Waals surface area contributed by atoms with Gasteiger partial charge in [-0.2, -0.15) is 0 Å². The molecule has 0 saturated carbocycles. The van der Waals surface area contributed by atoms with Gasteiger partial charge in [-0.25, -0.2) is 13.1 Å². The van der Waals surface area contributed by atoms with Crippen LogP contribution in [0.2, 0.25) is 0 Å². The first-order valence-electron chi connectivity index (χ1n) is 5.99. The zero-order valence-electron chi connectivity index (χ0n) is 12.2. The van der Waals surface area contributed by atoms with Crippen molar-refractivity contribution in [2.45, 2.75) is 6.61 Å². The molecule has 1 aromatic heterocycles. The molecule has 8 nitrogen and oxygen atoms in total. The maximum absolute atomic E-state index is 12.4. The Morgan fingerprint density at radius 2 is 1.86 bits per heavy atom. The Balaban J connectivity index is 0.00000242. The molecule has 2 N–H and O–H groups in total. The number of aliphatic hydroxyl groups is 1. The maximum atomic E-state index is 12.4. The Bertz CT molecular complexity index is 798. The molecule has 0 saturated heterocycles. The van der Waals surface area contributed by atoms with Crippen LogP contribution in [0.25, 0.3) is 5.69 Å². The van der Waals surface area contributed by atoms with Gasteiger partial charge < -0.3 is 15.0 Å². The Morgan fingerprint density at radius 1 is 1.27 bits per heavy atom. The van der Waals surface area contributed by atoms with E-state index in [1.807, 2.05) is 0 Å². The third kappa shape index (κ3) is 4.00. The van der Waals surface area contributed by atoms with Gasteiger partial charge in [0.1, 0.15) is 21.7 Å². The van der Waals surface area contributed by atoms with E-state index in [1.54, 1.807) is 37.4 Å². The van der Waals surface area contributed by atoms with Crippen molar-refractivity contribution in [1.29, 1.82) is 0 Å². The normalized spacial score (nSPS) is 11.0. The molecule has 0 amide bonds. The Labute approximate surface area is 149 Å². The fourth-order valence-electron chi connectivity index (χ4n) is 2.03. The van der Waals surface area contributed by atoms with E-state index in [0.717, 1.165) is 0 Å². The molecule has 0 spiro atoms. The van der Waals surface area contributed by atoms with Crippen molar-refractivity contribution in [3.8, 4) is 5.69 Å². The van der Waals surface area contributed by atoms with Crippen molar-refractivity contribution >= 4 is 15.8 Å². The van der Waals surface area contributed by atoms with Crippen molar-refractivity contribution < 1.29 is 47.6 Å². The molecule has 2 aromatic rings. The van der Waals surface area contributed by atoms with Gasteiger partial charge in [-0.3, -0.25) is 9.48 Å². The van der Waals surface area contributed by atoms with E-state index in [1.165, 1.54) is 9.36 Å². The topological polar surface area (TPSA) is 116 Å². The minimum atomic E-state index is -4.53. The quantitative estimate of drug-likeness (QED) is 0.434. The molecule has 0 unspecified atom stereocenters. The predicted molar refractivity (Wildman–Crippen MR) is 75.1 cm³/mol. The van der Waals surface area contributed by atoms with Gasteiger partial charge in [0.05, 0.1) is 18.0 Å². The summed E-state index contributed by atoms with van der Waals surface area (Å²) in [6.45, 7) is -0.479. The predicted octanol–water partition coefficient (Wildman–Crippen LogP) is -3.41. The maximum Gasteiger partial charge on any atom is 1.00 e. The van der Waals surface area contributed by atoms with Gasteiger partial charge in [0.25, 0.3) is 5.56 Å². The van der Waals surface area contributed by atoms with Crippen LogP contribution in [0.4, 0.5) is 5.69 Å². The molecule has 0 fully saturated rings. The molecule has 1 heterocycles. The summed E-state index contributed by atoms with van der Waals surface area (Å²) in [7, 11) is -2.98. The number of hydrogen-bond acceptors (Lipinski definition) is 6. The monoisotopic (exact) mass is 335 g/mol. The van der Waals surface area contributed by atoms with E-state index in [2.05, 4.69) is 5.32 Å². The average Bonchev–Trinajstić information content (AvgIpc) is 2.67. The Morgan fingerprint density at radius 3 is 2.36 bits per heavy atom. The molecule has 10 heteroatoms. The summed E-state index contributed by atoms with van der Waals surface area (Å²) in [6, 6.07) is 8.64. The summed E-state index contributed by atoms with van der Waals surface area (Å²) in [5.74, 6) is -0.923. The number of anilines is 1.